The van der Waals surface area contributed by atoms with E-state index >= 15 is 0 Å². The summed E-state index contributed by atoms with van der Waals surface area (Å²) in [4.78, 5) is 12.4. The molecule has 104 valence electrons. The van der Waals surface area contributed by atoms with Gasteiger partial charge in [-0.3, -0.25) is 4.79 Å². The molecule has 2 rings (SSSR count). The van der Waals surface area contributed by atoms with Crippen LogP contribution in [0.1, 0.15) is 53.9 Å². The van der Waals surface area contributed by atoms with Crippen molar-refractivity contribution in [3.8, 4) is 0 Å². The molecule has 3 nitrogen and oxygen atoms in total. The topological polar surface area (TPSA) is 38.3 Å². The van der Waals surface area contributed by atoms with Crippen LogP contribution in [-0.4, -0.2) is 24.7 Å². The second-order valence-electron chi connectivity index (χ2n) is 7.92. The third-order valence-corrected chi connectivity index (χ3v) is 4.39. The fourth-order valence-electron chi connectivity index (χ4n) is 3.68. The highest BCUT2D eigenvalue weighted by Crippen LogP contribution is 2.54. The molecule has 1 heterocycles. The molecule has 1 spiro atoms. The van der Waals surface area contributed by atoms with Crippen molar-refractivity contribution in [3.63, 3.8) is 0 Å². The van der Waals surface area contributed by atoms with E-state index in [2.05, 4.69) is 19.2 Å². The van der Waals surface area contributed by atoms with Gasteiger partial charge in [0.2, 0.25) is 0 Å². The van der Waals surface area contributed by atoms with Gasteiger partial charge >= 0.3 is 5.97 Å². The maximum absolute atomic E-state index is 12.4. The second kappa shape index (κ2) is 4.22. The lowest BCUT2D eigenvalue weighted by molar-refractivity contribution is -0.163. The smallest absolute Gasteiger partial charge is 0.311 e. The molecule has 2 fully saturated rings. The summed E-state index contributed by atoms with van der Waals surface area (Å²) in [6.07, 6.45) is 3.50. The Balaban J connectivity index is 2.11. The molecule has 1 N–H and O–H groups in total. The van der Waals surface area contributed by atoms with Crippen LogP contribution in [0, 0.1) is 16.7 Å². The van der Waals surface area contributed by atoms with Gasteiger partial charge < -0.3 is 10.1 Å². The lowest BCUT2D eigenvalue weighted by Gasteiger charge is -2.32. The third-order valence-electron chi connectivity index (χ3n) is 4.39. The Bertz CT molecular complexity index is 343. The van der Waals surface area contributed by atoms with Crippen molar-refractivity contribution in [1.82, 2.24) is 5.32 Å². The van der Waals surface area contributed by atoms with Crippen LogP contribution in [0.5, 0.6) is 0 Å². The van der Waals surface area contributed by atoms with Crippen molar-refractivity contribution < 1.29 is 9.53 Å². The Morgan fingerprint density at radius 1 is 1.28 bits per heavy atom. The van der Waals surface area contributed by atoms with E-state index in [9.17, 15) is 4.79 Å². The van der Waals surface area contributed by atoms with Crippen LogP contribution < -0.4 is 5.32 Å². The number of carbonyl (C=O) groups is 1. The van der Waals surface area contributed by atoms with Gasteiger partial charge in [-0.05, 0) is 50.9 Å². The molecule has 0 radical (unpaired) electrons. The number of ether oxygens (including phenoxy) is 1. The van der Waals surface area contributed by atoms with E-state index in [4.69, 9.17) is 4.74 Å². The van der Waals surface area contributed by atoms with Crippen molar-refractivity contribution in [2.75, 3.05) is 13.1 Å². The molecule has 0 aromatic rings. The Labute approximate surface area is 111 Å². The highest BCUT2D eigenvalue weighted by Gasteiger charge is 2.54. The van der Waals surface area contributed by atoms with Gasteiger partial charge in [-0.25, -0.2) is 0 Å². The zero-order valence-electron chi connectivity index (χ0n) is 12.4. The standard InChI is InChI=1S/C15H27NO2/c1-13(2,3)18-12(17)11-8-16-10-15(11)7-6-14(4,5)9-15/h11,16H,6-10H2,1-5H3. The minimum atomic E-state index is -0.380. The number of rotatable bonds is 1. The first kappa shape index (κ1) is 13.9. The summed E-state index contributed by atoms with van der Waals surface area (Å²) >= 11 is 0. The minimum absolute atomic E-state index is 0.00907. The van der Waals surface area contributed by atoms with Gasteiger partial charge in [0.15, 0.2) is 0 Å². The Morgan fingerprint density at radius 2 is 1.94 bits per heavy atom. The van der Waals surface area contributed by atoms with Gasteiger partial charge in [-0.1, -0.05) is 13.8 Å². The van der Waals surface area contributed by atoms with Crippen molar-refractivity contribution in [1.29, 1.82) is 0 Å². The summed E-state index contributed by atoms with van der Waals surface area (Å²) < 4.78 is 5.60. The first-order chi connectivity index (χ1) is 8.14. The lowest BCUT2D eigenvalue weighted by atomic mass is 9.74. The average molecular weight is 253 g/mol. The average Bonchev–Trinajstić information content (AvgIpc) is 2.68. The zero-order valence-corrected chi connectivity index (χ0v) is 12.4. The summed E-state index contributed by atoms with van der Waals surface area (Å²) in [5, 5.41) is 3.41. The highest BCUT2D eigenvalue weighted by atomic mass is 16.6. The number of nitrogens with one attached hydrogen (secondary N) is 1. The zero-order chi connectivity index (χ0) is 13.6. The van der Waals surface area contributed by atoms with E-state index in [1.54, 1.807) is 0 Å². The number of carbonyl (C=O) groups excluding carboxylic acids is 1. The molecule has 0 bridgehead atoms. The van der Waals surface area contributed by atoms with Crippen molar-refractivity contribution in [2.45, 2.75) is 59.5 Å². The molecule has 2 atom stereocenters. The monoisotopic (exact) mass is 253 g/mol. The van der Waals surface area contributed by atoms with Gasteiger partial charge in [-0.15, -0.1) is 0 Å². The largest absolute Gasteiger partial charge is 0.460 e. The Hall–Kier alpha value is -0.570. The maximum Gasteiger partial charge on any atom is 0.311 e. The van der Waals surface area contributed by atoms with E-state index in [0.29, 0.717) is 5.41 Å². The summed E-state index contributed by atoms with van der Waals surface area (Å²) in [6, 6.07) is 0. The predicted octanol–water partition coefficient (Wildman–Crippen LogP) is 2.74. The number of hydrogen-bond acceptors (Lipinski definition) is 3. The van der Waals surface area contributed by atoms with Crippen LogP contribution in [0.3, 0.4) is 0 Å². The molecule has 0 aromatic heterocycles. The first-order valence-electron chi connectivity index (χ1n) is 7.07. The fraction of sp³-hybridized carbons (Fsp3) is 0.933. The van der Waals surface area contributed by atoms with Crippen LogP contribution in [0.4, 0.5) is 0 Å². The molecule has 18 heavy (non-hydrogen) atoms. The second-order valence-corrected chi connectivity index (χ2v) is 7.92. The first-order valence-corrected chi connectivity index (χ1v) is 7.07. The summed E-state index contributed by atoms with van der Waals surface area (Å²) in [5.41, 5.74) is 0.132. The molecule has 1 aliphatic heterocycles. The quantitative estimate of drug-likeness (QED) is 0.730. The van der Waals surface area contributed by atoms with Crippen molar-refractivity contribution in [3.05, 3.63) is 0 Å². The molecule has 0 amide bonds. The van der Waals surface area contributed by atoms with Gasteiger partial charge in [0.25, 0.3) is 0 Å². The van der Waals surface area contributed by atoms with Crippen LogP contribution in [0.2, 0.25) is 0 Å². The molecule has 0 aromatic carbocycles. The van der Waals surface area contributed by atoms with Crippen LogP contribution in [-0.2, 0) is 9.53 Å². The Kier molecular flexibility index (Phi) is 3.25. The summed E-state index contributed by atoms with van der Waals surface area (Å²) in [6.45, 7) is 12.2. The van der Waals surface area contributed by atoms with E-state index in [0.717, 1.165) is 25.9 Å². The molecule has 3 heteroatoms. The molecular formula is C15H27NO2. The summed E-state index contributed by atoms with van der Waals surface area (Å²) in [7, 11) is 0. The van der Waals surface area contributed by atoms with E-state index in [1.807, 2.05) is 20.8 Å². The number of esters is 1. The van der Waals surface area contributed by atoms with Crippen LogP contribution >= 0.6 is 0 Å². The predicted molar refractivity (Wildman–Crippen MR) is 72.3 cm³/mol. The van der Waals surface area contributed by atoms with E-state index in [-0.39, 0.29) is 22.9 Å². The highest BCUT2D eigenvalue weighted by molar-refractivity contribution is 5.75. The molecule has 2 unspecified atom stereocenters. The molecular weight excluding hydrogens is 226 g/mol. The molecule has 2 aliphatic rings. The summed E-state index contributed by atoms with van der Waals surface area (Å²) in [5.74, 6) is 0.0312. The molecule has 1 saturated carbocycles. The Morgan fingerprint density at radius 3 is 2.44 bits per heavy atom. The van der Waals surface area contributed by atoms with Gasteiger partial charge in [-0.2, -0.15) is 0 Å². The SMILES string of the molecule is CC1(C)CCC2(CNCC2C(=O)OC(C)(C)C)C1. The molecule has 1 saturated heterocycles. The van der Waals surface area contributed by atoms with Crippen LogP contribution in [0.15, 0.2) is 0 Å². The van der Waals surface area contributed by atoms with E-state index < -0.39 is 0 Å². The third kappa shape index (κ3) is 2.71. The van der Waals surface area contributed by atoms with Gasteiger partial charge in [0, 0.05) is 13.1 Å². The van der Waals surface area contributed by atoms with Gasteiger partial charge in [0.1, 0.15) is 5.60 Å². The van der Waals surface area contributed by atoms with Gasteiger partial charge in [0.05, 0.1) is 5.92 Å². The van der Waals surface area contributed by atoms with Crippen LogP contribution in [0.25, 0.3) is 0 Å². The van der Waals surface area contributed by atoms with Crippen molar-refractivity contribution in [2.24, 2.45) is 16.7 Å². The van der Waals surface area contributed by atoms with E-state index in [1.165, 1.54) is 6.42 Å². The minimum Gasteiger partial charge on any atom is -0.460 e. The lowest BCUT2D eigenvalue weighted by Crippen LogP contribution is -2.38. The fourth-order valence-corrected chi connectivity index (χ4v) is 3.68. The molecule has 1 aliphatic carbocycles. The number of hydrogen-bond donors (Lipinski definition) is 1. The normalized spacial score (nSPS) is 35.1. The maximum atomic E-state index is 12.4. The van der Waals surface area contributed by atoms with Crippen molar-refractivity contribution >= 4 is 5.97 Å².